The number of anilines is 1. The van der Waals surface area contributed by atoms with Crippen LogP contribution in [-0.2, 0) is 14.8 Å². The molecule has 0 aliphatic carbocycles. The van der Waals surface area contributed by atoms with E-state index in [1.54, 1.807) is 30.3 Å². The van der Waals surface area contributed by atoms with Crippen LogP contribution < -0.4 is 9.62 Å². The van der Waals surface area contributed by atoms with Gasteiger partial charge in [-0.25, -0.2) is 8.42 Å². The second-order valence-corrected chi connectivity index (χ2v) is 9.17. The molecular weight excluding hydrogens is 400 g/mol. The SMILES string of the molecule is Cc1ccc(S(=O)(=O)N(C)c2ccc(Cl)c(C(=O)NC[C@H]3CCCO3)c2)cc1. The van der Waals surface area contributed by atoms with Crippen molar-refractivity contribution in [2.75, 3.05) is 24.5 Å². The number of hydrogen-bond donors (Lipinski definition) is 1. The normalized spacial score (nSPS) is 16.8. The van der Waals surface area contributed by atoms with Crippen LogP contribution in [0.25, 0.3) is 0 Å². The van der Waals surface area contributed by atoms with Crippen LogP contribution in [-0.4, -0.2) is 40.6 Å². The van der Waals surface area contributed by atoms with Crippen LogP contribution >= 0.6 is 11.6 Å². The van der Waals surface area contributed by atoms with Gasteiger partial charge in [0.05, 0.1) is 27.3 Å². The van der Waals surface area contributed by atoms with Gasteiger partial charge in [0, 0.05) is 20.2 Å². The van der Waals surface area contributed by atoms with E-state index in [1.807, 2.05) is 6.92 Å². The molecule has 0 aromatic heterocycles. The number of ether oxygens (including phenoxy) is 1. The molecule has 1 heterocycles. The van der Waals surface area contributed by atoms with Gasteiger partial charge in [-0.05, 0) is 50.1 Å². The summed E-state index contributed by atoms with van der Waals surface area (Å²) in [7, 11) is -2.30. The average Bonchev–Trinajstić information content (AvgIpc) is 3.20. The highest BCUT2D eigenvalue weighted by Crippen LogP contribution is 2.27. The van der Waals surface area contributed by atoms with Crippen LogP contribution in [0.2, 0.25) is 5.02 Å². The molecule has 1 N–H and O–H groups in total. The molecule has 1 saturated heterocycles. The number of hydrogen-bond acceptors (Lipinski definition) is 4. The Morgan fingerprint density at radius 3 is 2.61 bits per heavy atom. The molecule has 6 nitrogen and oxygen atoms in total. The first-order valence-electron chi connectivity index (χ1n) is 9.04. The second kappa shape index (κ2) is 8.51. The Hall–Kier alpha value is -2.09. The standard InChI is InChI=1S/C20H23ClN2O4S/c1-14-5-8-17(9-6-14)28(25,26)23(2)15-7-10-19(21)18(12-15)20(24)22-13-16-4-3-11-27-16/h5-10,12,16H,3-4,11,13H2,1-2H3,(H,22,24)/t16-/m1/s1. The van der Waals surface area contributed by atoms with Gasteiger partial charge in [0.1, 0.15) is 0 Å². The van der Waals surface area contributed by atoms with Crippen molar-refractivity contribution in [1.82, 2.24) is 5.32 Å². The lowest BCUT2D eigenvalue weighted by Gasteiger charge is -2.21. The topological polar surface area (TPSA) is 75.7 Å². The van der Waals surface area contributed by atoms with Gasteiger partial charge in [-0.15, -0.1) is 0 Å². The Bertz CT molecular complexity index is 955. The van der Waals surface area contributed by atoms with Crippen LogP contribution in [0.4, 0.5) is 5.69 Å². The lowest BCUT2D eigenvalue weighted by atomic mass is 10.1. The first kappa shape index (κ1) is 20.6. The van der Waals surface area contributed by atoms with Crippen molar-refractivity contribution in [1.29, 1.82) is 0 Å². The van der Waals surface area contributed by atoms with E-state index >= 15 is 0 Å². The lowest BCUT2D eigenvalue weighted by Crippen LogP contribution is -2.32. The molecule has 1 aliphatic heterocycles. The highest BCUT2D eigenvalue weighted by molar-refractivity contribution is 7.92. The van der Waals surface area contributed by atoms with Crippen molar-refractivity contribution in [3.05, 3.63) is 58.6 Å². The third kappa shape index (κ3) is 4.48. The maximum absolute atomic E-state index is 12.9. The number of nitrogens with one attached hydrogen (secondary N) is 1. The van der Waals surface area contributed by atoms with Crippen LogP contribution in [0.3, 0.4) is 0 Å². The minimum atomic E-state index is -3.75. The Labute approximate surface area is 170 Å². The van der Waals surface area contributed by atoms with Crippen molar-refractivity contribution in [2.24, 2.45) is 0 Å². The predicted octanol–water partition coefficient (Wildman–Crippen LogP) is 3.38. The third-order valence-electron chi connectivity index (χ3n) is 4.75. The zero-order valence-electron chi connectivity index (χ0n) is 15.8. The smallest absolute Gasteiger partial charge is 0.264 e. The summed E-state index contributed by atoms with van der Waals surface area (Å²) in [4.78, 5) is 12.7. The van der Waals surface area contributed by atoms with Gasteiger partial charge in [0.25, 0.3) is 15.9 Å². The number of sulfonamides is 1. The number of carbonyl (C=O) groups excluding carboxylic acids is 1. The number of carbonyl (C=O) groups is 1. The molecule has 150 valence electrons. The van der Waals surface area contributed by atoms with Gasteiger partial charge >= 0.3 is 0 Å². The van der Waals surface area contributed by atoms with Gasteiger partial charge in [0.2, 0.25) is 0 Å². The number of nitrogens with zero attached hydrogens (tertiary/aromatic N) is 1. The van der Waals surface area contributed by atoms with Crippen LogP contribution in [0.5, 0.6) is 0 Å². The van der Waals surface area contributed by atoms with Crippen molar-refractivity contribution in [2.45, 2.75) is 30.8 Å². The number of halogens is 1. The molecule has 1 amide bonds. The first-order chi connectivity index (χ1) is 13.3. The first-order valence-corrected chi connectivity index (χ1v) is 10.9. The van der Waals surface area contributed by atoms with Crippen molar-refractivity contribution in [3.8, 4) is 0 Å². The minimum absolute atomic E-state index is 0.00972. The third-order valence-corrected chi connectivity index (χ3v) is 6.88. The van der Waals surface area contributed by atoms with Gasteiger partial charge in [-0.3, -0.25) is 9.10 Å². The summed E-state index contributed by atoms with van der Waals surface area (Å²) in [6, 6.07) is 11.2. The van der Waals surface area contributed by atoms with Gasteiger partial charge < -0.3 is 10.1 Å². The highest BCUT2D eigenvalue weighted by Gasteiger charge is 2.23. The van der Waals surface area contributed by atoms with Crippen molar-refractivity contribution >= 4 is 33.2 Å². The molecule has 1 aliphatic rings. The van der Waals surface area contributed by atoms with Crippen LogP contribution in [0.15, 0.2) is 47.4 Å². The van der Waals surface area contributed by atoms with E-state index in [4.69, 9.17) is 16.3 Å². The van der Waals surface area contributed by atoms with Crippen LogP contribution in [0, 0.1) is 6.92 Å². The molecule has 0 radical (unpaired) electrons. The monoisotopic (exact) mass is 422 g/mol. The van der Waals surface area contributed by atoms with Crippen molar-refractivity contribution < 1.29 is 17.9 Å². The molecule has 2 aromatic rings. The van der Waals surface area contributed by atoms with E-state index in [-0.39, 0.29) is 27.5 Å². The summed E-state index contributed by atoms with van der Waals surface area (Å²) in [6.45, 7) is 3.00. The molecule has 0 unspecified atom stereocenters. The maximum Gasteiger partial charge on any atom is 0.264 e. The van der Waals surface area contributed by atoms with Gasteiger partial charge in [-0.2, -0.15) is 0 Å². The molecule has 1 fully saturated rings. The number of rotatable bonds is 6. The maximum atomic E-state index is 12.9. The Kier molecular flexibility index (Phi) is 6.27. The molecule has 8 heteroatoms. The Balaban J connectivity index is 1.81. The molecule has 0 bridgehead atoms. The summed E-state index contributed by atoms with van der Waals surface area (Å²) < 4.78 is 32.4. The van der Waals surface area contributed by atoms with E-state index in [0.29, 0.717) is 18.8 Å². The molecule has 3 rings (SSSR count). The molecule has 2 aromatic carbocycles. The zero-order chi connectivity index (χ0) is 20.3. The molecule has 1 atom stereocenters. The molecular formula is C20H23ClN2O4S. The summed E-state index contributed by atoms with van der Waals surface area (Å²) in [5.41, 5.74) is 1.55. The Morgan fingerprint density at radius 1 is 1.25 bits per heavy atom. The second-order valence-electron chi connectivity index (χ2n) is 6.79. The van der Waals surface area contributed by atoms with Gasteiger partial charge in [-0.1, -0.05) is 29.3 Å². The van der Waals surface area contributed by atoms with E-state index in [1.165, 1.54) is 19.2 Å². The predicted molar refractivity (Wildman–Crippen MR) is 110 cm³/mol. The van der Waals surface area contributed by atoms with Crippen LogP contribution in [0.1, 0.15) is 28.8 Å². The summed E-state index contributed by atoms with van der Waals surface area (Å²) in [5, 5.41) is 3.07. The molecule has 28 heavy (non-hydrogen) atoms. The zero-order valence-corrected chi connectivity index (χ0v) is 17.4. The quantitative estimate of drug-likeness (QED) is 0.774. The summed E-state index contributed by atoms with van der Waals surface area (Å²) in [6.07, 6.45) is 1.90. The summed E-state index contributed by atoms with van der Waals surface area (Å²) >= 11 is 6.18. The van der Waals surface area contributed by atoms with E-state index in [0.717, 1.165) is 22.7 Å². The fourth-order valence-electron chi connectivity index (χ4n) is 3.00. The van der Waals surface area contributed by atoms with E-state index < -0.39 is 10.0 Å². The largest absolute Gasteiger partial charge is 0.376 e. The van der Waals surface area contributed by atoms with Crippen molar-refractivity contribution in [3.63, 3.8) is 0 Å². The number of amides is 1. The van der Waals surface area contributed by atoms with E-state index in [9.17, 15) is 13.2 Å². The number of aryl methyl sites for hydroxylation is 1. The summed E-state index contributed by atoms with van der Waals surface area (Å²) in [5.74, 6) is -0.358. The van der Waals surface area contributed by atoms with E-state index in [2.05, 4.69) is 5.32 Å². The lowest BCUT2D eigenvalue weighted by molar-refractivity contribution is 0.0858. The fourth-order valence-corrected chi connectivity index (χ4v) is 4.39. The highest BCUT2D eigenvalue weighted by atomic mass is 35.5. The Morgan fingerprint density at radius 2 is 1.96 bits per heavy atom. The molecule has 0 saturated carbocycles. The minimum Gasteiger partial charge on any atom is -0.376 e. The van der Waals surface area contributed by atoms with Gasteiger partial charge in [0.15, 0.2) is 0 Å². The molecule has 0 spiro atoms. The average molecular weight is 423 g/mol. The fraction of sp³-hybridized carbons (Fsp3) is 0.350. The number of benzene rings is 2.